The highest BCUT2D eigenvalue weighted by Crippen LogP contribution is 2.24. The lowest BCUT2D eigenvalue weighted by atomic mass is 9.93. The van der Waals surface area contributed by atoms with Crippen LogP contribution in [-0.2, 0) is 17.9 Å². The van der Waals surface area contributed by atoms with E-state index in [-0.39, 0.29) is 11.8 Å². The molecule has 0 aliphatic carbocycles. The number of pyridine rings is 1. The number of carbonyl (C=O) groups excluding carboxylic acids is 1. The lowest BCUT2D eigenvalue weighted by Gasteiger charge is -2.42. The third kappa shape index (κ3) is 5.67. The van der Waals surface area contributed by atoms with E-state index in [0.29, 0.717) is 12.6 Å². The van der Waals surface area contributed by atoms with E-state index < -0.39 is 0 Å². The average molecular weight is 411 g/mol. The van der Waals surface area contributed by atoms with Crippen molar-refractivity contribution in [3.05, 3.63) is 48.0 Å². The number of likely N-dealkylation sites (tertiary alicyclic amines) is 2. The number of rotatable bonds is 7. The molecule has 7 heteroatoms. The Hall–Kier alpha value is -2.25. The van der Waals surface area contributed by atoms with Crippen LogP contribution in [0.4, 0.5) is 0 Å². The van der Waals surface area contributed by atoms with Crippen molar-refractivity contribution in [2.75, 3.05) is 32.7 Å². The van der Waals surface area contributed by atoms with Gasteiger partial charge >= 0.3 is 0 Å². The van der Waals surface area contributed by atoms with Crippen LogP contribution in [0.3, 0.4) is 0 Å². The van der Waals surface area contributed by atoms with Gasteiger partial charge in [0, 0.05) is 44.3 Å². The van der Waals surface area contributed by atoms with Crippen molar-refractivity contribution in [3.8, 4) is 0 Å². The smallest absolute Gasteiger partial charge is 0.224 e. The molecule has 1 N–H and O–H groups in total. The fourth-order valence-electron chi connectivity index (χ4n) is 4.77. The van der Waals surface area contributed by atoms with Crippen LogP contribution < -0.4 is 5.32 Å². The standard InChI is InChI=1S/C23H34N6O/c1-19-6-14-29(26-19)15-10-25-23(30)21-5-3-11-28(18-21)22-7-12-27(13-8-22)17-20-4-2-9-24-16-20/h2,4,6,9,14,16,21-22H,3,5,7-8,10-13,15,17-18H2,1H3,(H,25,30). The molecule has 1 unspecified atom stereocenters. The van der Waals surface area contributed by atoms with Gasteiger partial charge in [0.1, 0.15) is 0 Å². The summed E-state index contributed by atoms with van der Waals surface area (Å²) in [6, 6.07) is 6.76. The number of nitrogens with one attached hydrogen (secondary N) is 1. The number of piperidine rings is 2. The predicted octanol–water partition coefficient (Wildman–Crippen LogP) is 2.08. The molecule has 1 amide bonds. The predicted molar refractivity (Wildman–Crippen MR) is 117 cm³/mol. The van der Waals surface area contributed by atoms with Crippen LogP contribution in [-0.4, -0.2) is 69.2 Å². The Morgan fingerprint density at radius 3 is 2.80 bits per heavy atom. The minimum atomic E-state index is 0.117. The molecule has 7 nitrogen and oxygen atoms in total. The Bertz CT molecular complexity index is 799. The minimum absolute atomic E-state index is 0.117. The van der Waals surface area contributed by atoms with Gasteiger partial charge in [-0.1, -0.05) is 6.07 Å². The quantitative estimate of drug-likeness (QED) is 0.757. The SMILES string of the molecule is Cc1ccn(CCNC(=O)C2CCCN(C3CCN(Cc4cccnc4)CC3)C2)n1. The third-order valence-electron chi connectivity index (χ3n) is 6.44. The molecular formula is C23H34N6O. The molecule has 0 bridgehead atoms. The minimum Gasteiger partial charge on any atom is -0.354 e. The van der Waals surface area contributed by atoms with E-state index in [4.69, 9.17) is 0 Å². The van der Waals surface area contributed by atoms with Crippen LogP contribution in [0.15, 0.2) is 36.8 Å². The van der Waals surface area contributed by atoms with Gasteiger partial charge in [0.2, 0.25) is 5.91 Å². The molecule has 162 valence electrons. The van der Waals surface area contributed by atoms with E-state index in [9.17, 15) is 4.79 Å². The van der Waals surface area contributed by atoms with Gasteiger partial charge in [0.05, 0.1) is 18.2 Å². The van der Waals surface area contributed by atoms with Crippen molar-refractivity contribution < 1.29 is 4.79 Å². The number of amides is 1. The number of carbonyl (C=O) groups is 1. The van der Waals surface area contributed by atoms with Crippen LogP contribution in [0, 0.1) is 12.8 Å². The number of nitrogens with zero attached hydrogens (tertiary/aromatic N) is 5. The summed E-state index contributed by atoms with van der Waals surface area (Å²) in [5, 5.41) is 7.50. The Morgan fingerprint density at radius 1 is 1.20 bits per heavy atom. The summed E-state index contributed by atoms with van der Waals surface area (Å²) in [5.74, 6) is 0.323. The summed E-state index contributed by atoms with van der Waals surface area (Å²) < 4.78 is 1.89. The number of aryl methyl sites for hydroxylation is 1. The van der Waals surface area contributed by atoms with Crippen molar-refractivity contribution in [1.82, 2.24) is 29.9 Å². The van der Waals surface area contributed by atoms with Crippen molar-refractivity contribution in [2.45, 2.75) is 51.7 Å². The molecule has 2 saturated heterocycles. The maximum Gasteiger partial charge on any atom is 0.224 e. The maximum absolute atomic E-state index is 12.7. The molecule has 0 saturated carbocycles. The first kappa shape index (κ1) is 21.0. The molecule has 2 aliphatic heterocycles. The molecule has 2 aliphatic rings. The van der Waals surface area contributed by atoms with Gasteiger partial charge in [-0.25, -0.2) is 0 Å². The molecule has 30 heavy (non-hydrogen) atoms. The van der Waals surface area contributed by atoms with Crippen LogP contribution >= 0.6 is 0 Å². The lowest BCUT2D eigenvalue weighted by molar-refractivity contribution is -0.127. The first-order chi connectivity index (χ1) is 14.7. The largest absolute Gasteiger partial charge is 0.354 e. The molecule has 4 heterocycles. The Labute approximate surface area is 179 Å². The summed E-state index contributed by atoms with van der Waals surface area (Å²) in [4.78, 5) is 22.0. The lowest BCUT2D eigenvalue weighted by Crippen LogP contribution is -2.50. The molecule has 0 aromatic carbocycles. The topological polar surface area (TPSA) is 66.3 Å². The Kier molecular flexibility index (Phi) is 7.12. The highest BCUT2D eigenvalue weighted by molar-refractivity contribution is 5.78. The van der Waals surface area contributed by atoms with Crippen molar-refractivity contribution in [2.24, 2.45) is 5.92 Å². The molecular weight excluding hydrogens is 376 g/mol. The van der Waals surface area contributed by atoms with Crippen LogP contribution in [0.1, 0.15) is 36.9 Å². The zero-order valence-corrected chi connectivity index (χ0v) is 18.0. The van der Waals surface area contributed by atoms with E-state index in [2.05, 4.69) is 31.3 Å². The average Bonchev–Trinajstić information content (AvgIpc) is 3.20. The summed E-state index contributed by atoms with van der Waals surface area (Å²) in [6.45, 7) is 8.61. The number of hydrogen-bond donors (Lipinski definition) is 1. The highest BCUT2D eigenvalue weighted by Gasteiger charge is 2.31. The van der Waals surface area contributed by atoms with E-state index >= 15 is 0 Å². The molecule has 4 rings (SSSR count). The van der Waals surface area contributed by atoms with Crippen molar-refractivity contribution in [1.29, 1.82) is 0 Å². The zero-order chi connectivity index (χ0) is 20.8. The van der Waals surface area contributed by atoms with Crippen molar-refractivity contribution >= 4 is 5.91 Å². The second kappa shape index (κ2) is 10.2. The van der Waals surface area contributed by atoms with Crippen molar-refractivity contribution in [3.63, 3.8) is 0 Å². The van der Waals surface area contributed by atoms with Gasteiger partial charge in [-0.15, -0.1) is 0 Å². The Morgan fingerprint density at radius 2 is 2.07 bits per heavy atom. The third-order valence-corrected chi connectivity index (χ3v) is 6.44. The van der Waals surface area contributed by atoms with Gasteiger partial charge in [0.25, 0.3) is 0 Å². The van der Waals surface area contributed by atoms with Gasteiger partial charge < -0.3 is 5.32 Å². The second-order valence-electron chi connectivity index (χ2n) is 8.71. The molecule has 2 aromatic rings. The molecule has 1 atom stereocenters. The first-order valence-electron chi connectivity index (χ1n) is 11.3. The second-order valence-corrected chi connectivity index (χ2v) is 8.71. The molecule has 2 aromatic heterocycles. The maximum atomic E-state index is 12.7. The Balaban J connectivity index is 1.19. The summed E-state index contributed by atoms with van der Waals surface area (Å²) >= 11 is 0. The van der Waals surface area contributed by atoms with E-state index in [1.165, 1.54) is 18.4 Å². The number of aromatic nitrogens is 3. The van der Waals surface area contributed by atoms with Gasteiger partial charge in [-0.3, -0.25) is 24.3 Å². The van der Waals surface area contributed by atoms with E-state index in [1.54, 1.807) is 0 Å². The monoisotopic (exact) mass is 410 g/mol. The van der Waals surface area contributed by atoms with Crippen LogP contribution in [0.5, 0.6) is 0 Å². The van der Waals surface area contributed by atoms with Gasteiger partial charge in [0.15, 0.2) is 0 Å². The van der Waals surface area contributed by atoms with Crippen LogP contribution in [0.2, 0.25) is 0 Å². The fourth-order valence-corrected chi connectivity index (χ4v) is 4.77. The molecule has 0 spiro atoms. The number of hydrogen-bond acceptors (Lipinski definition) is 5. The summed E-state index contributed by atoms with van der Waals surface area (Å²) in [6.07, 6.45) is 10.3. The van der Waals surface area contributed by atoms with E-state index in [1.807, 2.05) is 42.3 Å². The first-order valence-corrected chi connectivity index (χ1v) is 11.3. The van der Waals surface area contributed by atoms with Gasteiger partial charge in [-0.05, 0) is 69.9 Å². The zero-order valence-electron chi connectivity index (χ0n) is 18.0. The fraction of sp³-hybridized carbons (Fsp3) is 0.609. The van der Waals surface area contributed by atoms with Gasteiger partial charge in [-0.2, -0.15) is 5.10 Å². The normalized spacial score (nSPS) is 21.6. The van der Waals surface area contributed by atoms with Crippen LogP contribution in [0.25, 0.3) is 0 Å². The molecule has 0 radical (unpaired) electrons. The summed E-state index contributed by atoms with van der Waals surface area (Å²) in [5.41, 5.74) is 2.30. The summed E-state index contributed by atoms with van der Waals surface area (Å²) in [7, 11) is 0. The van der Waals surface area contributed by atoms with E-state index in [0.717, 1.165) is 57.8 Å². The molecule has 2 fully saturated rings. The highest BCUT2D eigenvalue weighted by atomic mass is 16.1.